The van der Waals surface area contributed by atoms with Crippen LogP contribution in [0, 0.1) is 0 Å². The molecule has 1 aromatic heterocycles. The second kappa shape index (κ2) is 5.46. The van der Waals surface area contributed by atoms with Crippen LogP contribution in [0.25, 0.3) is 0 Å². The van der Waals surface area contributed by atoms with Gasteiger partial charge in [0.05, 0.1) is 11.6 Å². The van der Waals surface area contributed by atoms with Gasteiger partial charge in [0.2, 0.25) is 0 Å². The highest BCUT2D eigenvalue weighted by Gasteiger charge is 2.39. The average molecular weight is 310 g/mol. The Labute approximate surface area is 128 Å². The Balaban J connectivity index is 1.75. The molecule has 0 aromatic carbocycles. The van der Waals surface area contributed by atoms with Crippen molar-refractivity contribution in [3.63, 3.8) is 0 Å². The van der Waals surface area contributed by atoms with Crippen LogP contribution in [-0.2, 0) is 4.74 Å². The molecule has 3 N–H and O–H groups in total. The van der Waals surface area contributed by atoms with Crippen LogP contribution in [0.15, 0.2) is 0 Å². The van der Waals surface area contributed by atoms with Gasteiger partial charge in [0.1, 0.15) is 10.7 Å². The van der Waals surface area contributed by atoms with E-state index in [1.165, 1.54) is 24.2 Å². The number of ether oxygens (including phenoxy) is 1. The molecule has 1 aromatic rings. The van der Waals surface area contributed by atoms with E-state index in [1.54, 1.807) is 0 Å². The number of anilines is 2. The minimum absolute atomic E-state index is 0.00801. The van der Waals surface area contributed by atoms with Gasteiger partial charge in [-0.25, -0.2) is 4.98 Å². The summed E-state index contributed by atoms with van der Waals surface area (Å²) < 4.78 is 5.56. The van der Waals surface area contributed by atoms with Crippen molar-refractivity contribution < 1.29 is 9.53 Å². The SMILES string of the molecule is CC1OCCC1(C)NC(=O)c1sc(N2CCCC2)nc1N. The van der Waals surface area contributed by atoms with Crippen molar-refractivity contribution in [1.29, 1.82) is 0 Å². The van der Waals surface area contributed by atoms with Crippen molar-refractivity contribution in [3.8, 4) is 0 Å². The standard InChI is InChI=1S/C14H22N4O2S/c1-9-14(2,5-8-20-9)17-12(19)10-11(15)16-13(21-10)18-6-3-4-7-18/h9H,3-8,15H2,1-2H3,(H,17,19). The topological polar surface area (TPSA) is 80.5 Å². The predicted octanol–water partition coefficient (Wildman–Crippen LogP) is 1.62. The van der Waals surface area contributed by atoms with E-state index in [0.29, 0.717) is 17.3 Å². The number of carbonyl (C=O) groups is 1. The van der Waals surface area contributed by atoms with E-state index < -0.39 is 0 Å². The first kappa shape index (κ1) is 14.6. The molecule has 0 saturated carbocycles. The van der Waals surface area contributed by atoms with Crippen molar-refractivity contribution in [3.05, 3.63) is 4.88 Å². The molecule has 2 atom stereocenters. The second-order valence-corrected chi connectivity index (χ2v) is 7.02. The summed E-state index contributed by atoms with van der Waals surface area (Å²) in [4.78, 5) is 19.6. The Kier molecular flexibility index (Phi) is 3.79. The number of rotatable bonds is 3. The lowest BCUT2D eigenvalue weighted by Gasteiger charge is -2.28. The highest BCUT2D eigenvalue weighted by molar-refractivity contribution is 7.18. The lowest BCUT2D eigenvalue weighted by atomic mass is 9.94. The molecule has 2 unspecified atom stereocenters. The van der Waals surface area contributed by atoms with Gasteiger partial charge in [-0.15, -0.1) is 0 Å². The first-order valence-corrected chi connectivity index (χ1v) is 8.26. The van der Waals surface area contributed by atoms with E-state index in [-0.39, 0.29) is 17.6 Å². The molecule has 2 aliphatic heterocycles. The van der Waals surface area contributed by atoms with Gasteiger partial charge in [-0.1, -0.05) is 11.3 Å². The summed E-state index contributed by atoms with van der Waals surface area (Å²) in [6, 6.07) is 0. The maximum absolute atomic E-state index is 12.5. The Morgan fingerprint density at radius 2 is 2.24 bits per heavy atom. The fourth-order valence-electron chi connectivity index (χ4n) is 2.84. The first-order chi connectivity index (χ1) is 9.99. The van der Waals surface area contributed by atoms with E-state index in [2.05, 4.69) is 15.2 Å². The van der Waals surface area contributed by atoms with Gasteiger partial charge in [-0.05, 0) is 33.1 Å². The number of thiazole rings is 1. The molecule has 0 radical (unpaired) electrons. The molecule has 0 bridgehead atoms. The van der Waals surface area contributed by atoms with Gasteiger partial charge in [0, 0.05) is 19.7 Å². The van der Waals surface area contributed by atoms with Crippen molar-refractivity contribution in [2.24, 2.45) is 0 Å². The lowest BCUT2D eigenvalue weighted by molar-refractivity contribution is 0.0730. The number of nitrogens with one attached hydrogen (secondary N) is 1. The third-order valence-electron chi connectivity index (χ3n) is 4.51. The molecule has 3 rings (SSSR count). The Bertz CT molecular complexity index is 541. The van der Waals surface area contributed by atoms with Crippen LogP contribution in [0.5, 0.6) is 0 Å². The van der Waals surface area contributed by atoms with Crippen LogP contribution in [0.4, 0.5) is 10.9 Å². The summed E-state index contributed by atoms with van der Waals surface area (Å²) in [6.45, 7) is 6.67. The Hall–Kier alpha value is -1.34. The molecule has 2 aliphatic rings. The molecule has 7 heteroatoms. The zero-order valence-corrected chi connectivity index (χ0v) is 13.3. The third kappa shape index (κ3) is 2.72. The van der Waals surface area contributed by atoms with Gasteiger partial charge in [-0.3, -0.25) is 4.79 Å². The molecule has 6 nitrogen and oxygen atoms in total. The number of nitrogens with two attached hydrogens (primary N) is 1. The molecule has 0 spiro atoms. The maximum atomic E-state index is 12.5. The average Bonchev–Trinajstić information content (AvgIpc) is 3.12. The summed E-state index contributed by atoms with van der Waals surface area (Å²) in [6.07, 6.45) is 3.17. The molecule has 1 amide bonds. The zero-order valence-electron chi connectivity index (χ0n) is 12.5. The number of carbonyl (C=O) groups excluding carboxylic acids is 1. The molecule has 21 heavy (non-hydrogen) atoms. The molecule has 3 heterocycles. The molecule has 0 aliphatic carbocycles. The van der Waals surface area contributed by atoms with Gasteiger partial charge in [-0.2, -0.15) is 0 Å². The summed E-state index contributed by atoms with van der Waals surface area (Å²) in [5.74, 6) is 0.185. The van der Waals surface area contributed by atoms with Crippen molar-refractivity contribution in [1.82, 2.24) is 10.3 Å². The summed E-state index contributed by atoms with van der Waals surface area (Å²) in [5.41, 5.74) is 5.61. The number of hydrogen-bond donors (Lipinski definition) is 2. The van der Waals surface area contributed by atoms with E-state index in [1.807, 2.05) is 13.8 Å². The quantitative estimate of drug-likeness (QED) is 0.887. The summed E-state index contributed by atoms with van der Waals surface area (Å²) in [5, 5.41) is 3.93. The fraction of sp³-hybridized carbons (Fsp3) is 0.714. The van der Waals surface area contributed by atoms with E-state index in [4.69, 9.17) is 10.5 Å². The number of hydrogen-bond acceptors (Lipinski definition) is 6. The molecule has 2 fully saturated rings. The first-order valence-electron chi connectivity index (χ1n) is 7.45. The van der Waals surface area contributed by atoms with Gasteiger partial charge < -0.3 is 20.7 Å². The largest absolute Gasteiger partial charge is 0.382 e. The van der Waals surface area contributed by atoms with Gasteiger partial charge in [0.25, 0.3) is 5.91 Å². The molecular formula is C14H22N4O2S. The number of nitrogen functional groups attached to an aromatic ring is 1. The number of aromatic nitrogens is 1. The van der Waals surface area contributed by atoms with Crippen LogP contribution in [0.1, 0.15) is 42.8 Å². The van der Waals surface area contributed by atoms with Gasteiger partial charge >= 0.3 is 0 Å². The smallest absolute Gasteiger partial charge is 0.265 e. The monoisotopic (exact) mass is 310 g/mol. The van der Waals surface area contributed by atoms with Crippen LogP contribution in [0.2, 0.25) is 0 Å². The van der Waals surface area contributed by atoms with Crippen molar-refractivity contribution in [2.45, 2.75) is 44.8 Å². The van der Waals surface area contributed by atoms with Crippen LogP contribution in [-0.4, -0.2) is 42.2 Å². The summed E-state index contributed by atoms with van der Waals surface area (Å²) in [7, 11) is 0. The molecule has 2 saturated heterocycles. The van der Waals surface area contributed by atoms with Crippen LogP contribution < -0.4 is 16.0 Å². The highest BCUT2D eigenvalue weighted by Crippen LogP contribution is 2.32. The molecular weight excluding hydrogens is 288 g/mol. The van der Waals surface area contributed by atoms with Crippen LogP contribution >= 0.6 is 11.3 Å². The fourth-order valence-corrected chi connectivity index (χ4v) is 3.77. The lowest BCUT2D eigenvalue weighted by Crippen LogP contribution is -2.50. The molecule has 116 valence electrons. The predicted molar refractivity (Wildman–Crippen MR) is 83.9 cm³/mol. The number of nitrogens with zero attached hydrogens (tertiary/aromatic N) is 2. The van der Waals surface area contributed by atoms with Crippen molar-refractivity contribution in [2.75, 3.05) is 30.3 Å². The van der Waals surface area contributed by atoms with E-state index in [0.717, 1.165) is 24.6 Å². The summed E-state index contributed by atoms with van der Waals surface area (Å²) >= 11 is 1.39. The maximum Gasteiger partial charge on any atom is 0.265 e. The minimum atomic E-state index is -0.332. The van der Waals surface area contributed by atoms with E-state index >= 15 is 0 Å². The Morgan fingerprint density at radius 3 is 2.86 bits per heavy atom. The Morgan fingerprint density at radius 1 is 1.52 bits per heavy atom. The van der Waals surface area contributed by atoms with Gasteiger partial charge in [0.15, 0.2) is 5.13 Å². The third-order valence-corrected chi connectivity index (χ3v) is 5.64. The van der Waals surface area contributed by atoms with Crippen molar-refractivity contribution >= 4 is 28.2 Å². The minimum Gasteiger partial charge on any atom is -0.382 e. The zero-order chi connectivity index (χ0) is 15.0. The second-order valence-electron chi connectivity index (χ2n) is 6.04. The number of amides is 1. The normalized spacial score (nSPS) is 29.0. The highest BCUT2D eigenvalue weighted by atomic mass is 32.1. The van der Waals surface area contributed by atoms with E-state index in [9.17, 15) is 4.79 Å². The van der Waals surface area contributed by atoms with Crippen LogP contribution in [0.3, 0.4) is 0 Å².